The maximum atomic E-state index is 13.8. The number of nitrogens with zero attached hydrogens (tertiary/aromatic N) is 1. The van der Waals surface area contributed by atoms with Gasteiger partial charge in [-0.3, -0.25) is 4.79 Å². The van der Waals surface area contributed by atoms with E-state index in [9.17, 15) is 9.18 Å². The molecule has 2 aliphatic rings. The molecule has 1 unspecified atom stereocenters. The molecule has 1 atom stereocenters. The second-order valence-corrected chi connectivity index (χ2v) is 5.72. The third-order valence-corrected chi connectivity index (χ3v) is 4.43. The van der Waals surface area contributed by atoms with Crippen LogP contribution < -0.4 is 10.2 Å². The molecule has 0 radical (unpaired) electrons. The summed E-state index contributed by atoms with van der Waals surface area (Å²) in [6.07, 6.45) is 0.837. The number of rotatable bonds is 0. The van der Waals surface area contributed by atoms with Gasteiger partial charge in [0.05, 0.1) is 16.4 Å². The molecule has 0 aliphatic carbocycles. The normalized spacial score (nSPS) is 19.4. The van der Waals surface area contributed by atoms with E-state index in [1.165, 1.54) is 17.7 Å². The second-order valence-electron chi connectivity index (χ2n) is 5.32. The summed E-state index contributed by atoms with van der Waals surface area (Å²) >= 11 is 5.80. The lowest BCUT2D eigenvalue weighted by molar-refractivity contribution is -0.117. The minimum atomic E-state index is -0.468. The van der Waals surface area contributed by atoms with Crippen LogP contribution in [0, 0.1) is 5.82 Å². The Morgan fingerprint density at radius 1 is 1.29 bits per heavy atom. The van der Waals surface area contributed by atoms with Gasteiger partial charge in [-0.25, -0.2) is 4.39 Å². The van der Waals surface area contributed by atoms with Gasteiger partial charge in [-0.1, -0.05) is 35.9 Å². The molecule has 0 saturated heterocycles. The predicted molar refractivity (Wildman–Crippen MR) is 80.3 cm³/mol. The second kappa shape index (κ2) is 4.46. The first-order chi connectivity index (χ1) is 10.1. The summed E-state index contributed by atoms with van der Waals surface area (Å²) in [5.41, 5.74) is 3.42. The lowest BCUT2D eigenvalue weighted by atomic mass is 9.90. The van der Waals surface area contributed by atoms with Crippen molar-refractivity contribution < 1.29 is 9.18 Å². The molecule has 0 aromatic heterocycles. The van der Waals surface area contributed by atoms with Crippen molar-refractivity contribution in [2.45, 2.75) is 12.5 Å². The Kier molecular flexibility index (Phi) is 2.69. The maximum absolute atomic E-state index is 13.8. The van der Waals surface area contributed by atoms with Gasteiger partial charge in [0.15, 0.2) is 0 Å². The highest BCUT2D eigenvalue weighted by Crippen LogP contribution is 2.43. The zero-order valence-electron chi connectivity index (χ0n) is 11.1. The SMILES string of the molecule is O=C1Nc2cc(Cl)c(F)cc2N2CCc3ccccc3C12. The number of nitrogens with one attached hydrogen (secondary N) is 1. The van der Waals surface area contributed by atoms with E-state index in [1.807, 2.05) is 29.2 Å². The van der Waals surface area contributed by atoms with Gasteiger partial charge in [0.1, 0.15) is 11.9 Å². The number of carbonyl (C=O) groups excluding carboxylic acids is 1. The predicted octanol–water partition coefficient (Wildman–Crippen LogP) is 3.54. The van der Waals surface area contributed by atoms with E-state index >= 15 is 0 Å². The highest BCUT2D eigenvalue weighted by atomic mass is 35.5. The van der Waals surface area contributed by atoms with Crippen LogP contribution in [0.2, 0.25) is 5.02 Å². The molecule has 0 saturated carbocycles. The first-order valence-electron chi connectivity index (χ1n) is 6.79. The molecule has 0 fully saturated rings. The highest BCUT2D eigenvalue weighted by Gasteiger charge is 2.38. The molecule has 4 rings (SSSR count). The molecular formula is C16H12ClFN2O. The Morgan fingerprint density at radius 3 is 2.95 bits per heavy atom. The van der Waals surface area contributed by atoms with E-state index in [2.05, 4.69) is 5.32 Å². The van der Waals surface area contributed by atoms with Gasteiger partial charge in [0.2, 0.25) is 0 Å². The fourth-order valence-corrected chi connectivity index (χ4v) is 3.35. The lowest BCUT2D eigenvalue weighted by Crippen LogP contribution is -2.45. The molecular weight excluding hydrogens is 291 g/mol. The summed E-state index contributed by atoms with van der Waals surface area (Å²) < 4.78 is 13.8. The zero-order chi connectivity index (χ0) is 14.6. The first kappa shape index (κ1) is 12.7. The van der Waals surface area contributed by atoms with Crippen LogP contribution in [-0.2, 0) is 11.2 Å². The van der Waals surface area contributed by atoms with Crippen molar-refractivity contribution in [3.63, 3.8) is 0 Å². The third kappa shape index (κ3) is 1.83. The Morgan fingerprint density at radius 2 is 2.10 bits per heavy atom. The monoisotopic (exact) mass is 302 g/mol. The average Bonchev–Trinajstić information content (AvgIpc) is 2.49. The maximum Gasteiger partial charge on any atom is 0.251 e. The molecule has 1 amide bonds. The number of fused-ring (bicyclic) bond motifs is 5. The summed E-state index contributed by atoms with van der Waals surface area (Å²) in [6.45, 7) is 0.684. The Balaban J connectivity index is 1.89. The van der Waals surface area contributed by atoms with Crippen LogP contribution >= 0.6 is 11.6 Å². The molecule has 3 nitrogen and oxygen atoms in total. The van der Waals surface area contributed by atoms with E-state index in [4.69, 9.17) is 11.6 Å². The summed E-state index contributed by atoms with van der Waals surface area (Å²) in [4.78, 5) is 14.4. The van der Waals surface area contributed by atoms with E-state index in [1.54, 1.807) is 0 Å². The van der Waals surface area contributed by atoms with Crippen molar-refractivity contribution in [2.75, 3.05) is 16.8 Å². The fraction of sp³-hybridized carbons (Fsp3) is 0.188. The molecule has 2 aromatic rings. The van der Waals surface area contributed by atoms with E-state index in [0.29, 0.717) is 17.9 Å². The summed E-state index contributed by atoms with van der Waals surface area (Å²) in [5.74, 6) is -0.568. The highest BCUT2D eigenvalue weighted by molar-refractivity contribution is 6.31. The topological polar surface area (TPSA) is 32.3 Å². The Labute approximate surface area is 126 Å². The zero-order valence-corrected chi connectivity index (χ0v) is 11.8. The van der Waals surface area contributed by atoms with E-state index < -0.39 is 11.9 Å². The van der Waals surface area contributed by atoms with Crippen molar-refractivity contribution in [3.05, 3.63) is 58.4 Å². The van der Waals surface area contributed by atoms with Gasteiger partial charge in [0.25, 0.3) is 5.91 Å². The molecule has 0 bridgehead atoms. The van der Waals surface area contributed by atoms with Gasteiger partial charge in [-0.05, 0) is 23.6 Å². The van der Waals surface area contributed by atoms with Crippen LogP contribution in [0.1, 0.15) is 17.2 Å². The smallest absolute Gasteiger partial charge is 0.251 e. The van der Waals surface area contributed by atoms with Crippen molar-refractivity contribution in [1.29, 1.82) is 0 Å². The molecule has 0 spiro atoms. The van der Waals surface area contributed by atoms with Crippen LogP contribution in [0.4, 0.5) is 15.8 Å². The number of amides is 1. The van der Waals surface area contributed by atoms with Crippen LogP contribution in [0.5, 0.6) is 0 Å². The molecule has 21 heavy (non-hydrogen) atoms. The van der Waals surface area contributed by atoms with Gasteiger partial charge in [-0.15, -0.1) is 0 Å². The van der Waals surface area contributed by atoms with E-state index in [-0.39, 0.29) is 10.9 Å². The number of hydrogen-bond donors (Lipinski definition) is 1. The van der Waals surface area contributed by atoms with Crippen LogP contribution in [-0.4, -0.2) is 12.5 Å². The van der Waals surface area contributed by atoms with Gasteiger partial charge in [0, 0.05) is 12.6 Å². The van der Waals surface area contributed by atoms with Crippen LogP contribution in [0.25, 0.3) is 0 Å². The van der Waals surface area contributed by atoms with E-state index in [0.717, 1.165) is 12.0 Å². The molecule has 1 N–H and O–H groups in total. The molecule has 2 aromatic carbocycles. The number of hydrogen-bond acceptors (Lipinski definition) is 2. The molecule has 5 heteroatoms. The molecule has 2 aliphatic heterocycles. The van der Waals surface area contributed by atoms with Crippen LogP contribution in [0.15, 0.2) is 36.4 Å². The number of halogens is 2. The Bertz CT molecular complexity index is 762. The molecule has 106 valence electrons. The lowest BCUT2D eigenvalue weighted by Gasteiger charge is -2.42. The van der Waals surface area contributed by atoms with Crippen LogP contribution in [0.3, 0.4) is 0 Å². The van der Waals surface area contributed by atoms with Crippen molar-refractivity contribution >= 4 is 28.9 Å². The largest absolute Gasteiger partial charge is 0.354 e. The summed E-state index contributed by atoms with van der Waals surface area (Å²) in [6, 6.07) is 10.4. The quantitative estimate of drug-likeness (QED) is 0.807. The van der Waals surface area contributed by atoms with Crippen molar-refractivity contribution in [3.8, 4) is 0 Å². The fourth-order valence-electron chi connectivity index (χ4n) is 3.18. The third-order valence-electron chi connectivity index (χ3n) is 4.14. The minimum absolute atomic E-state index is 0.0184. The van der Waals surface area contributed by atoms with Crippen molar-refractivity contribution in [1.82, 2.24) is 0 Å². The first-order valence-corrected chi connectivity index (χ1v) is 7.17. The number of anilines is 2. The van der Waals surface area contributed by atoms with Gasteiger partial charge < -0.3 is 10.2 Å². The van der Waals surface area contributed by atoms with Crippen molar-refractivity contribution in [2.24, 2.45) is 0 Å². The Hall–Kier alpha value is -2.07. The summed E-state index contributed by atoms with van der Waals surface area (Å²) in [5, 5.41) is 2.85. The standard InChI is InChI=1S/C16H12ClFN2O/c17-11-7-13-14(8-12(11)18)20-6-5-9-3-1-2-4-10(9)15(20)16(21)19-13/h1-4,7-8,15H,5-6H2,(H,19,21). The summed E-state index contributed by atoms with van der Waals surface area (Å²) in [7, 11) is 0. The minimum Gasteiger partial charge on any atom is -0.354 e. The number of carbonyl (C=O) groups is 1. The average molecular weight is 303 g/mol. The van der Waals surface area contributed by atoms with Gasteiger partial charge in [-0.2, -0.15) is 0 Å². The number of benzene rings is 2. The molecule has 2 heterocycles. The van der Waals surface area contributed by atoms with Gasteiger partial charge >= 0.3 is 0 Å².